The van der Waals surface area contributed by atoms with Crippen LogP contribution in [-0.4, -0.2) is 33.6 Å². The second-order valence-corrected chi connectivity index (χ2v) is 5.13. The fourth-order valence-corrected chi connectivity index (χ4v) is 2.65. The molecule has 0 bridgehead atoms. The fourth-order valence-electron chi connectivity index (χ4n) is 2.65. The summed E-state index contributed by atoms with van der Waals surface area (Å²) in [6.45, 7) is 8.43. The zero-order valence-electron chi connectivity index (χ0n) is 11.0. The van der Waals surface area contributed by atoms with Crippen LogP contribution in [0.15, 0.2) is 12.5 Å². The molecule has 0 spiro atoms. The van der Waals surface area contributed by atoms with Gasteiger partial charge in [-0.3, -0.25) is 4.90 Å². The number of hydrogen-bond acceptors (Lipinski definition) is 3. The lowest BCUT2D eigenvalue weighted by atomic mass is 9.93. The minimum Gasteiger partial charge on any atom is -0.334 e. The first kappa shape index (κ1) is 12.6. The van der Waals surface area contributed by atoms with Gasteiger partial charge in [-0.15, -0.1) is 0 Å². The van der Waals surface area contributed by atoms with E-state index >= 15 is 0 Å². The van der Waals surface area contributed by atoms with E-state index in [9.17, 15) is 0 Å². The van der Waals surface area contributed by atoms with Crippen LogP contribution in [0.4, 0.5) is 0 Å². The van der Waals surface area contributed by atoms with Gasteiger partial charge in [0, 0.05) is 31.9 Å². The smallest absolute Gasteiger partial charge is 0.0948 e. The zero-order valence-corrected chi connectivity index (χ0v) is 11.0. The number of likely N-dealkylation sites (tertiary alicyclic amines) is 1. The van der Waals surface area contributed by atoms with Gasteiger partial charge < -0.3 is 10.3 Å². The standard InChI is InChI=1S/C13H24N4/c1-3-16-10-15-7-13(16)9-17-8-12(6-14)5-4-11(17)2/h7,10-12H,3-6,8-9,14H2,1-2H3. The van der Waals surface area contributed by atoms with E-state index in [1.54, 1.807) is 0 Å². The van der Waals surface area contributed by atoms with Crippen LogP contribution in [0.1, 0.15) is 32.4 Å². The average Bonchev–Trinajstić information content (AvgIpc) is 2.79. The molecule has 17 heavy (non-hydrogen) atoms. The molecule has 2 atom stereocenters. The van der Waals surface area contributed by atoms with Crippen molar-refractivity contribution in [3.05, 3.63) is 18.2 Å². The third kappa shape index (κ3) is 2.87. The van der Waals surface area contributed by atoms with E-state index in [0.717, 1.165) is 26.2 Å². The molecule has 0 amide bonds. The van der Waals surface area contributed by atoms with Crippen LogP contribution in [0, 0.1) is 5.92 Å². The van der Waals surface area contributed by atoms with Crippen molar-refractivity contribution >= 4 is 0 Å². The van der Waals surface area contributed by atoms with Crippen LogP contribution in [0.2, 0.25) is 0 Å². The lowest BCUT2D eigenvalue weighted by Crippen LogP contribution is -2.43. The summed E-state index contributed by atoms with van der Waals surface area (Å²) >= 11 is 0. The Morgan fingerprint density at radius 1 is 1.47 bits per heavy atom. The predicted molar refractivity (Wildman–Crippen MR) is 69.6 cm³/mol. The van der Waals surface area contributed by atoms with Crippen molar-refractivity contribution in [1.82, 2.24) is 14.5 Å². The van der Waals surface area contributed by atoms with Gasteiger partial charge in [0.1, 0.15) is 0 Å². The Hall–Kier alpha value is -0.870. The van der Waals surface area contributed by atoms with Crippen molar-refractivity contribution in [2.45, 2.75) is 45.8 Å². The van der Waals surface area contributed by atoms with Crippen LogP contribution < -0.4 is 5.73 Å². The molecule has 2 rings (SSSR count). The van der Waals surface area contributed by atoms with Crippen molar-refractivity contribution in [3.63, 3.8) is 0 Å². The molecule has 0 aliphatic carbocycles. The highest BCUT2D eigenvalue weighted by Crippen LogP contribution is 2.22. The molecule has 4 nitrogen and oxygen atoms in total. The van der Waals surface area contributed by atoms with E-state index in [1.165, 1.54) is 18.5 Å². The average molecular weight is 236 g/mol. The van der Waals surface area contributed by atoms with Gasteiger partial charge >= 0.3 is 0 Å². The van der Waals surface area contributed by atoms with Gasteiger partial charge in [0.05, 0.1) is 12.0 Å². The summed E-state index contributed by atoms with van der Waals surface area (Å²) in [5.74, 6) is 0.671. The molecule has 1 aliphatic heterocycles. The number of rotatable bonds is 4. The molecule has 2 N–H and O–H groups in total. The lowest BCUT2D eigenvalue weighted by molar-refractivity contribution is 0.110. The predicted octanol–water partition coefficient (Wildman–Crippen LogP) is 1.46. The Balaban J connectivity index is 2.01. The van der Waals surface area contributed by atoms with Crippen LogP contribution in [0.25, 0.3) is 0 Å². The number of piperidine rings is 1. The summed E-state index contributed by atoms with van der Waals surface area (Å²) in [4.78, 5) is 6.78. The number of hydrogen-bond donors (Lipinski definition) is 1. The maximum atomic E-state index is 5.80. The highest BCUT2D eigenvalue weighted by Gasteiger charge is 2.25. The molecule has 2 heterocycles. The molecule has 1 aromatic rings. The van der Waals surface area contributed by atoms with Crippen LogP contribution in [0.5, 0.6) is 0 Å². The number of aromatic nitrogens is 2. The van der Waals surface area contributed by atoms with Crippen molar-refractivity contribution < 1.29 is 0 Å². The third-order valence-electron chi connectivity index (χ3n) is 3.95. The molecule has 2 unspecified atom stereocenters. The molecule has 1 fully saturated rings. The Morgan fingerprint density at radius 2 is 2.29 bits per heavy atom. The van der Waals surface area contributed by atoms with Crippen LogP contribution in [0.3, 0.4) is 0 Å². The lowest BCUT2D eigenvalue weighted by Gasteiger charge is -2.37. The second-order valence-electron chi connectivity index (χ2n) is 5.13. The summed E-state index contributed by atoms with van der Waals surface area (Å²) in [5.41, 5.74) is 7.11. The highest BCUT2D eigenvalue weighted by molar-refractivity contribution is 4.99. The Labute approximate surface area is 104 Å². The van der Waals surface area contributed by atoms with Gasteiger partial charge in [0.25, 0.3) is 0 Å². The van der Waals surface area contributed by atoms with Crippen molar-refractivity contribution in [2.75, 3.05) is 13.1 Å². The number of nitrogens with zero attached hydrogens (tertiary/aromatic N) is 3. The topological polar surface area (TPSA) is 47.1 Å². The first-order chi connectivity index (χ1) is 8.24. The van der Waals surface area contributed by atoms with Gasteiger partial charge in [0.15, 0.2) is 0 Å². The largest absolute Gasteiger partial charge is 0.334 e. The molecule has 1 aliphatic rings. The molecule has 0 aromatic carbocycles. The summed E-state index contributed by atoms with van der Waals surface area (Å²) in [6, 6.07) is 0.665. The Morgan fingerprint density at radius 3 is 3.00 bits per heavy atom. The van der Waals surface area contributed by atoms with Crippen LogP contribution in [-0.2, 0) is 13.1 Å². The number of nitrogens with two attached hydrogens (primary N) is 1. The number of aryl methyl sites for hydroxylation is 1. The molecule has 96 valence electrons. The quantitative estimate of drug-likeness (QED) is 0.861. The maximum Gasteiger partial charge on any atom is 0.0948 e. The van der Waals surface area contributed by atoms with Gasteiger partial charge in [-0.05, 0) is 39.2 Å². The minimum atomic E-state index is 0.665. The first-order valence-corrected chi connectivity index (χ1v) is 6.67. The Bertz CT molecular complexity index is 347. The summed E-state index contributed by atoms with van der Waals surface area (Å²) in [7, 11) is 0. The Kier molecular flexibility index (Phi) is 4.18. The summed E-state index contributed by atoms with van der Waals surface area (Å²) in [6.07, 6.45) is 6.45. The van der Waals surface area contributed by atoms with E-state index in [1.807, 2.05) is 12.5 Å². The molecule has 0 saturated carbocycles. The molecule has 4 heteroatoms. The maximum absolute atomic E-state index is 5.80. The fraction of sp³-hybridized carbons (Fsp3) is 0.769. The highest BCUT2D eigenvalue weighted by atomic mass is 15.2. The monoisotopic (exact) mass is 236 g/mol. The SMILES string of the molecule is CCn1cncc1CN1CC(CN)CCC1C. The van der Waals surface area contributed by atoms with Gasteiger partial charge in [-0.25, -0.2) is 4.98 Å². The zero-order chi connectivity index (χ0) is 12.3. The molecule has 0 radical (unpaired) electrons. The summed E-state index contributed by atoms with van der Waals surface area (Å²) in [5, 5.41) is 0. The van der Waals surface area contributed by atoms with Gasteiger partial charge in [0.2, 0.25) is 0 Å². The van der Waals surface area contributed by atoms with E-state index in [-0.39, 0.29) is 0 Å². The molecule has 1 saturated heterocycles. The van der Waals surface area contributed by atoms with E-state index in [0.29, 0.717) is 12.0 Å². The van der Waals surface area contributed by atoms with E-state index in [4.69, 9.17) is 5.73 Å². The van der Waals surface area contributed by atoms with E-state index in [2.05, 4.69) is 28.3 Å². The van der Waals surface area contributed by atoms with Crippen molar-refractivity contribution in [1.29, 1.82) is 0 Å². The van der Waals surface area contributed by atoms with Gasteiger partial charge in [-0.1, -0.05) is 0 Å². The van der Waals surface area contributed by atoms with Crippen molar-refractivity contribution in [2.24, 2.45) is 11.7 Å². The van der Waals surface area contributed by atoms with E-state index < -0.39 is 0 Å². The normalized spacial score (nSPS) is 26.3. The minimum absolute atomic E-state index is 0.665. The summed E-state index contributed by atoms with van der Waals surface area (Å²) < 4.78 is 2.22. The van der Waals surface area contributed by atoms with Crippen LogP contribution >= 0.6 is 0 Å². The number of imidazole rings is 1. The third-order valence-corrected chi connectivity index (χ3v) is 3.95. The first-order valence-electron chi connectivity index (χ1n) is 6.67. The van der Waals surface area contributed by atoms with Gasteiger partial charge in [-0.2, -0.15) is 0 Å². The molecule has 1 aromatic heterocycles. The second kappa shape index (κ2) is 5.65. The molecular weight excluding hydrogens is 212 g/mol. The molecular formula is C13H24N4. The van der Waals surface area contributed by atoms with Crippen molar-refractivity contribution in [3.8, 4) is 0 Å².